The number of hydrogen-bond donors (Lipinski definition) is 2. The zero-order valence-electron chi connectivity index (χ0n) is 5.81. The van der Waals surface area contributed by atoms with E-state index in [1.54, 1.807) is 0 Å². The van der Waals surface area contributed by atoms with Gasteiger partial charge in [-0.1, -0.05) is 6.92 Å². The average molecular weight is 142 g/mol. The third-order valence-electron chi connectivity index (χ3n) is 1.50. The first-order chi connectivity index (χ1) is 4.74. The van der Waals surface area contributed by atoms with Crippen LogP contribution in [0.3, 0.4) is 0 Å². The van der Waals surface area contributed by atoms with Crippen molar-refractivity contribution < 1.29 is 9.59 Å². The zero-order valence-corrected chi connectivity index (χ0v) is 5.81. The number of rotatable bonds is 1. The quantitative estimate of drug-likeness (QED) is 0.462. The summed E-state index contributed by atoms with van der Waals surface area (Å²) in [4.78, 5) is 21.4. The maximum Gasteiger partial charge on any atom is 0.243 e. The Bertz CT molecular complexity index is 167. The molecule has 56 valence electrons. The summed E-state index contributed by atoms with van der Waals surface area (Å²) in [6.45, 7) is 2.15. The lowest BCUT2D eigenvalue weighted by atomic mass is 10.2. The molecule has 10 heavy (non-hydrogen) atoms. The Hall–Kier alpha value is -0.900. The largest absolute Gasteiger partial charge is 0.297 e. The van der Waals surface area contributed by atoms with Gasteiger partial charge in [-0.15, -0.1) is 0 Å². The van der Waals surface area contributed by atoms with E-state index in [1.807, 2.05) is 6.92 Å². The van der Waals surface area contributed by atoms with Gasteiger partial charge in [-0.05, 0) is 6.42 Å². The summed E-state index contributed by atoms with van der Waals surface area (Å²) in [5, 5.41) is 5.05. The lowest BCUT2D eigenvalue weighted by molar-refractivity contribution is -0.134. The lowest BCUT2D eigenvalue weighted by Gasteiger charge is -2.20. The lowest BCUT2D eigenvalue weighted by Crippen LogP contribution is -2.55. The Labute approximate surface area is 59.0 Å². The van der Waals surface area contributed by atoms with Crippen LogP contribution >= 0.6 is 0 Å². The molecule has 0 radical (unpaired) electrons. The molecule has 4 heteroatoms. The van der Waals surface area contributed by atoms with Gasteiger partial charge in [-0.2, -0.15) is 0 Å². The average Bonchev–Trinajstić information content (AvgIpc) is 1.88. The fraction of sp³-hybridized carbons (Fsp3) is 0.667. The molecule has 1 aliphatic rings. The van der Waals surface area contributed by atoms with Gasteiger partial charge >= 0.3 is 0 Å². The van der Waals surface area contributed by atoms with E-state index in [-0.39, 0.29) is 24.4 Å². The van der Waals surface area contributed by atoms with Crippen LogP contribution in [0, 0.1) is 0 Å². The first-order valence-corrected chi connectivity index (χ1v) is 3.31. The number of amides is 2. The van der Waals surface area contributed by atoms with Gasteiger partial charge in [0.05, 0.1) is 12.6 Å². The number of carbonyl (C=O) groups excluding carboxylic acids is 2. The van der Waals surface area contributed by atoms with Crippen molar-refractivity contribution >= 4 is 11.8 Å². The van der Waals surface area contributed by atoms with Crippen LogP contribution in [0.1, 0.15) is 13.3 Å². The second-order valence-electron chi connectivity index (χ2n) is 2.25. The normalized spacial score (nSPS) is 26.3. The molecule has 1 heterocycles. The molecule has 1 unspecified atom stereocenters. The van der Waals surface area contributed by atoms with Crippen molar-refractivity contribution in [1.29, 1.82) is 0 Å². The predicted molar refractivity (Wildman–Crippen MR) is 35.2 cm³/mol. The Morgan fingerprint density at radius 2 is 2.30 bits per heavy atom. The highest BCUT2D eigenvalue weighted by Crippen LogP contribution is 1.93. The van der Waals surface area contributed by atoms with Gasteiger partial charge in [0.1, 0.15) is 0 Å². The monoisotopic (exact) mass is 142 g/mol. The van der Waals surface area contributed by atoms with Gasteiger partial charge in [-0.3, -0.25) is 20.2 Å². The van der Waals surface area contributed by atoms with E-state index in [1.165, 1.54) is 0 Å². The van der Waals surface area contributed by atoms with Crippen LogP contribution in [-0.2, 0) is 9.59 Å². The van der Waals surface area contributed by atoms with Gasteiger partial charge in [0.2, 0.25) is 11.8 Å². The number of nitrogens with one attached hydrogen (secondary N) is 2. The topological polar surface area (TPSA) is 58.2 Å². The van der Waals surface area contributed by atoms with Crippen molar-refractivity contribution in [3.8, 4) is 0 Å². The summed E-state index contributed by atoms with van der Waals surface area (Å²) in [7, 11) is 0. The molecule has 2 N–H and O–H groups in total. The molecule has 0 aromatic heterocycles. The van der Waals surface area contributed by atoms with E-state index in [9.17, 15) is 9.59 Å². The molecule has 1 atom stereocenters. The number of piperazine rings is 1. The van der Waals surface area contributed by atoms with Crippen molar-refractivity contribution in [2.24, 2.45) is 0 Å². The molecule has 0 saturated carbocycles. The molecule has 0 aliphatic carbocycles. The summed E-state index contributed by atoms with van der Waals surface area (Å²) in [6.07, 6.45) is 0.721. The fourth-order valence-electron chi connectivity index (χ4n) is 0.907. The van der Waals surface area contributed by atoms with Crippen molar-refractivity contribution in [2.45, 2.75) is 19.4 Å². The van der Waals surface area contributed by atoms with Crippen molar-refractivity contribution in [3.63, 3.8) is 0 Å². The minimum Gasteiger partial charge on any atom is -0.297 e. The van der Waals surface area contributed by atoms with E-state index < -0.39 is 0 Å². The number of imide groups is 1. The molecule has 4 nitrogen and oxygen atoms in total. The number of carbonyl (C=O) groups is 2. The molecule has 2 amide bonds. The van der Waals surface area contributed by atoms with Crippen molar-refractivity contribution in [2.75, 3.05) is 6.54 Å². The molecular weight excluding hydrogens is 132 g/mol. The summed E-state index contributed by atoms with van der Waals surface area (Å²) >= 11 is 0. The molecule has 0 bridgehead atoms. The maximum atomic E-state index is 10.8. The Balaban J connectivity index is 2.51. The van der Waals surface area contributed by atoms with E-state index in [0.29, 0.717) is 0 Å². The number of hydrogen-bond acceptors (Lipinski definition) is 3. The Morgan fingerprint density at radius 3 is 2.80 bits per heavy atom. The molecule has 1 saturated heterocycles. The van der Waals surface area contributed by atoms with Crippen LogP contribution in [0.4, 0.5) is 0 Å². The van der Waals surface area contributed by atoms with Crippen LogP contribution in [-0.4, -0.2) is 24.4 Å². The predicted octanol–water partition coefficient (Wildman–Crippen LogP) is -0.989. The van der Waals surface area contributed by atoms with Crippen molar-refractivity contribution in [1.82, 2.24) is 10.6 Å². The van der Waals surface area contributed by atoms with Crippen LogP contribution in [0.15, 0.2) is 0 Å². The van der Waals surface area contributed by atoms with Gasteiger partial charge in [0, 0.05) is 0 Å². The molecule has 1 aliphatic heterocycles. The van der Waals surface area contributed by atoms with Gasteiger partial charge < -0.3 is 0 Å². The molecule has 1 rings (SSSR count). The molecule has 0 spiro atoms. The Morgan fingerprint density at radius 1 is 1.60 bits per heavy atom. The van der Waals surface area contributed by atoms with Gasteiger partial charge in [-0.25, -0.2) is 0 Å². The molecule has 0 aromatic carbocycles. The summed E-state index contributed by atoms with van der Waals surface area (Å²) in [6, 6.07) is -0.183. The van der Waals surface area contributed by atoms with Crippen LogP contribution < -0.4 is 10.6 Å². The maximum absolute atomic E-state index is 10.8. The molecular formula is C6H10N2O2. The SMILES string of the molecule is CCC1NCC(=O)NC1=O. The fourth-order valence-corrected chi connectivity index (χ4v) is 0.907. The van der Waals surface area contributed by atoms with E-state index in [4.69, 9.17) is 0 Å². The minimum atomic E-state index is -0.241. The third-order valence-corrected chi connectivity index (χ3v) is 1.50. The summed E-state index contributed by atoms with van der Waals surface area (Å²) < 4.78 is 0. The zero-order chi connectivity index (χ0) is 7.56. The molecule has 1 fully saturated rings. The second-order valence-corrected chi connectivity index (χ2v) is 2.25. The first-order valence-electron chi connectivity index (χ1n) is 3.31. The van der Waals surface area contributed by atoms with Crippen LogP contribution in [0.2, 0.25) is 0 Å². The van der Waals surface area contributed by atoms with E-state index in [0.717, 1.165) is 6.42 Å². The second kappa shape index (κ2) is 2.79. The highest BCUT2D eigenvalue weighted by Gasteiger charge is 2.23. The van der Waals surface area contributed by atoms with Crippen LogP contribution in [0.5, 0.6) is 0 Å². The Kier molecular flexibility index (Phi) is 2.01. The molecule has 0 aromatic rings. The standard InChI is InChI=1S/C6H10N2O2/c1-2-4-6(10)8-5(9)3-7-4/h4,7H,2-3H2,1H3,(H,8,9,10). The van der Waals surface area contributed by atoms with Crippen molar-refractivity contribution in [3.05, 3.63) is 0 Å². The van der Waals surface area contributed by atoms with E-state index >= 15 is 0 Å². The highest BCUT2D eigenvalue weighted by atomic mass is 16.2. The smallest absolute Gasteiger partial charge is 0.243 e. The van der Waals surface area contributed by atoms with E-state index in [2.05, 4.69) is 10.6 Å². The highest BCUT2D eigenvalue weighted by molar-refractivity contribution is 6.00. The summed E-state index contributed by atoms with van der Waals surface area (Å²) in [5.74, 6) is -0.451. The minimum absolute atomic E-state index is 0.183. The third kappa shape index (κ3) is 1.33. The summed E-state index contributed by atoms with van der Waals surface area (Å²) in [5.41, 5.74) is 0. The van der Waals surface area contributed by atoms with Gasteiger partial charge in [0.15, 0.2) is 0 Å². The van der Waals surface area contributed by atoms with Gasteiger partial charge in [0.25, 0.3) is 0 Å². The van der Waals surface area contributed by atoms with Crippen LogP contribution in [0.25, 0.3) is 0 Å². The first kappa shape index (κ1) is 7.21.